The van der Waals surface area contributed by atoms with Gasteiger partial charge in [-0.15, -0.1) is 0 Å². The van der Waals surface area contributed by atoms with Gasteiger partial charge in [0.2, 0.25) is 0 Å². The molecule has 0 unspecified atom stereocenters. The summed E-state index contributed by atoms with van der Waals surface area (Å²) in [6.07, 6.45) is 0. The van der Waals surface area contributed by atoms with Crippen molar-refractivity contribution in [1.29, 1.82) is 10.5 Å². The number of allylic oxidation sites excluding steroid dienone is 1. The first-order valence-corrected chi connectivity index (χ1v) is 5.93. The lowest BCUT2D eigenvalue weighted by atomic mass is 10.0. The SMILES string of the molecule is Cc1onc(-c2ccccc2Cl)c1C(O)=C(C#N)C#N. The van der Waals surface area contributed by atoms with Crippen molar-refractivity contribution in [3.05, 3.63) is 46.2 Å². The Kier molecular flexibility index (Phi) is 3.74. The predicted molar refractivity (Wildman–Crippen MR) is 72.5 cm³/mol. The molecule has 2 aromatic rings. The van der Waals surface area contributed by atoms with Crippen LogP contribution in [-0.2, 0) is 0 Å². The van der Waals surface area contributed by atoms with Gasteiger partial charge in [-0.3, -0.25) is 0 Å². The summed E-state index contributed by atoms with van der Waals surface area (Å²) in [5, 5.41) is 32.0. The van der Waals surface area contributed by atoms with Crippen molar-refractivity contribution in [2.45, 2.75) is 6.92 Å². The molecule has 1 N–H and O–H groups in total. The second-order valence-electron chi connectivity index (χ2n) is 3.89. The van der Waals surface area contributed by atoms with E-state index in [0.29, 0.717) is 16.3 Å². The molecule has 1 aromatic heterocycles. The Bertz CT molecular complexity index is 762. The molecule has 0 spiro atoms. The molecule has 0 atom stereocenters. The van der Waals surface area contributed by atoms with Gasteiger partial charge in [-0.2, -0.15) is 10.5 Å². The lowest BCUT2D eigenvalue weighted by Gasteiger charge is -2.03. The number of nitriles is 2. The summed E-state index contributed by atoms with van der Waals surface area (Å²) in [7, 11) is 0. The van der Waals surface area contributed by atoms with Crippen molar-refractivity contribution in [1.82, 2.24) is 5.16 Å². The van der Waals surface area contributed by atoms with Crippen molar-refractivity contribution >= 4 is 17.4 Å². The van der Waals surface area contributed by atoms with Gasteiger partial charge in [0, 0.05) is 5.56 Å². The number of hydrogen-bond acceptors (Lipinski definition) is 5. The first kappa shape index (κ1) is 13.7. The van der Waals surface area contributed by atoms with Crippen molar-refractivity contribution in [3.8, 4) is 23.4 Å². The third-order valence-corrected chi connectivity index (χ3v) is 3.02. The molecular formula is C14H8ClN3O2. The van der Waals surface area contributed by atoms with Crippen LogP contribution in [0.15, 0.2) is 34.4 Å². The lowest BCUT2D eigenvalue weighted by Crippen LogP contribution is -1.92. The molecule has 0 aliphatic rings. The van der Waals surface area contributed by atoms with Crippen LogP contribution in [0.2, 0.25) is 5.02 Å². The average molecular weight is 286 g/mol. The molecule has 6 heteroatoms. The molecule has 2 rings (SSSR count). The van der Waals surface area contributed by atoms with Crippen molar-refractivity contribution < 1.29 is 9.63 Å². The highest BCUT2D eigenvalue weighted by atomic mass is 35.5. The van der Waals surface area contributed by atoms with Crippen molar-refractivity contribution in [2.24, 2.45) is 0 Å². The number of aliphatic hydroxyl groups is 1. The number of rotatable bonds is 2. The van der Waals surface area contributed by atoms with E-state index in [2.05, 4.69) is 5.16 Å². The van der Waals surface area contributed by atoms with E-state index in [4.69, 9.17) is 26.6 Å². The molecule has 0 saturated heterocycles. The summed E-state index contributed by atoms with van der Waals surface area (Å²) in [5.74, 6) is -0.177. The first-order chi connectivity index (χ1) is 9.60. The molecule has 1 aromatic carbocycles. The lowest BCUT2D eigenvalue weighted by molar-refractivity contribution is 0.398. The van der Waals surface area contributed by atoms with Crippen LogP contribution >= 0.6 is 11.6 Å². The highest BCUT2D eigenvalue weighted by Crippen LogP contribution is 2.34. The topological polar surface area (TPSA) is 93.8 Å². The van der Waals surface area contributed by atoms with E-state index in [-0.39, 0.29) is 11.3 Å². The van der Waals surface area contributed by atoms with E-state index < -0.39 is 11.3 Å². The highest BCUT2D eigenvalue weighted by Gasteiger charge is 2.22. The fourth-order valence-electron chi connectivity index (χ4n) is 1.74. The average Bonchev–Trinajstić information content (AvgIpc) is 2.82. The molecule has 0 aliphatic carbocycles. The minimum atomic E-state index is -0.469. The zero-order valence-electron chi connectivity index (χ0n) is 10.4. The van der Waals surface area contributed by atoms with Crippen LogP contribution < -0.4 is 0 Å². The van der Waals surface area contributed by atoms with Gasteiger partial charge in [0.05, 0.1) is 10.6 Å². The molecule has 5 nitrogen and oxygen atoms in total. The number of aliphatic hydroxyl groups excluding tert-OH is 1. The molecule has 0 aliphatic heterocycles. The third kappa shape index (κ3) is 2.23. The number of aromatic nitrogens is 1. The Labute approximate surface area is 119 Å². The van der Waals surface area contributed by atoms with Crippen LogP contribution in [0.4, 0.5) is 0 Å². The number of nitrogens with zero attached hydrogens (tertiary/aromatic N) is 3. The number of aryl methyl sites for hydroxylation is 1. The maximum atomic E-state index is 10.1. The number of halogens is 1. The Hall–Kier alpha value is -2.76. The molecular weight excluding hydrogens is 278 g/mol. The first-order valence-electron chi connectivity index (χ1n) is 5.55. The molecule has 0 bridgehead atoms. The van der Waals surface area contributed by atoms with E-state index in [1.807, 2.05) is 0 Å². The van der Waals surface area contributed by atoms with Crippen LogP contribution in [0.25, 0.3) is 17.0 Å². The monoisotopic (exact) mass is 285 g/mol. The molecule has 0 fully saturated rings. The molecule has 98 valence electrons. The summed E-state index contributed by atoms with van der Waals surface area (Å²) in [4.78, 5) is 0. The van der Waals surface area contributed by atoms with Gasteiger partial charge in [-0.25, -0.2) is 0 Å². The third-order valence-electron chi connectivity index (χ3n) is 2.69. The molecule has 1 heterocycles. The zero-order chi connectivity index (χ0) is 14.7. The van der Waals surface area contributed by atoms with Gasteiger partial charge < -0.3 is 9.63 Å². The van der Waals surface area contributed by atoms with Gasteiger partial charge in [-0.1, -0.05) is 35.0 Å². The maximum Gasteiger partial charge on any atom is 0.172 e. The van der Waals surface area contributed by atoms with E-state index in [9.17, 15) is 5.11 Å². The smallest absolute Gasteiger partial charge is 0.172 e. The molecule has 0 radical (unpaired) electrons. The Morgan fingerprint density at radius 1 is 1.30 bits per heavy atom. The predicted octanol–water partition coefficient (Wildman–Crippen LogP) is 3.62. The molecule has 20 heavy (non-hydrogen) atoms. The Morgan fingerprint density at radius 3 is 2.55 bits per heavy atom. The summed E-state index contributed by atoms with van der Waals surface area (Å²) in [6, 6.07) is 10.1. The molecule has 0 saturated carbocycles. The summed E-state index contributed by atoms with van der Waals surface area (Å²) < 4.78 is 5.04. The summed E-state index contributed by atoms with van der Waals surface area (Å²) >= 11 is 6.08. The fourth-order valence-corrected chi connectivity index (χ4v) is 1.97. The van der Waals surface area contributed by atoms with Crippen LogP contribution in [0, 0.1) is 29.6 Å². The highest BCUT2D eigenvalue weighted by molar-refractivity contribution is 6.33. The van der Waals surface area contributed by atoms with Gasteiger partial charge in [0.1, 0.15) is 23.6 Å². The van der Waals surface area contributed by atoms with Crippen LogP contribution in [0.3, 0.4) is 0 Å². The van der Waals surface area contributed by atoms with E-state index in [1.165, 1.54) is 0 Å². The standard InChI is InChI=1S/C14H8ClN3O2/c1-8-12(14(19)9(6-16)7-17)13(18-20-8)10-4-2-3-5-11(10)15/h2-5,19H,1H3. The second kappa shape index (κ2) is 5.48. The second-order valence-corrected chi connectivity index (χ2v) is 4.30. The Morgan fingerprint density at radius 2 is 1.95 bits per heavy atom. The van der Waals surface area contributed by atoms with Crippen LogP contribution in [0.5, 0.6) is 0 Å². The van der Waals surface area contributed by atoms with E-state index in [0.717, 1.165) is 0 Å². The molecule has 0 amide bonds. The van der Waals surface area contributed by atoms with Gasteiger partial charge in [-0.05, 0) is 13.0 Å². The van der Waals surface area contributed by atoms with Crippen molar-refractivity contribution in [3.63, 3.8) is 0 Å². The van der Waals surface area contributed by atoms with Gasteiger partial charge in [0.15, 0.2) is 11.3 Å². The van der Waals surface area contributed by atoms with E-state index >= 15 is 0 Å². The van der Waals surface area contributed by atoms with E-state index in [1.54, 1.807) is 43.3 Å². The number of benzene rings is 1. The Balaban J connectivity index is 2.73. The minimum absolute atomic E-state index is 0.191. The normalized spacial score (nSPS) is 9.60. The number of hydrogen-bond donors (Lipinski definition) is 1. The summed E-state index contributed by atoms with van der Waals surface area (Å²) in [6.45, 7) is 1.57. The van der Waals surface area contributed by atoms with Crippen LogP contribution in [0.1, 0.15) is 11.3 Å². The quantitative estimate of drug-likeness (QED) is 0.672. The van der Waals surface area contributed by atoms with Gasteiger partial charge >= 0.3 is 0 Å². The fraction of sp³-hybridized carbons (Fsp3) is 0.0714. The van der Waals surface area contributed by atoms with Crippen molar-refractivity contribution in [2.75, 3.05) is 0 Å². The summed E-state index contributed by atoms with van der Waals surface area (Å²) in [5.41, 5.74) is 0.609. The van der Waals surface area contributed by atoms with Crippen LogP contribution in [-0.4, -0.2) is 10.3 Å². The maximum absolute atomic E-state index is 10.1. The zero-order valence-corrected chi connectivity index (χ0v) is 11.1. The minimum Gasteiger partial charge on any atom is -0.505 e. The largest absolute Gasteiger partial charge is 0.505 e. The van der Waals surface area contributed by atoms with Gasteiger partial charge in [0.25, 0.3) is 0 Å².